The minimum atomic E-state index is -0.287. The van der Waals surface area contributed by atoms with Gasteiger partial charge in [-0.1, -0.05) is 34.8 Å². The number of aryl methyl sites for hydroxylation is 1. The van der Waals surface area contributed by atoms with Crippen LogP contribution in [0.3, 0.4) is 0 Å². The Hall–Kier alpha value is -2.23. The number of nitrogens with one attached hydrogen (secondary N) is 1. The van der Waals surface area contributed by atoms with Crippen LogP contribution in [0.25, 0.3) is 11.0 Å². The molecule has 3 aromatic heterocycles. The molecule has 5 N–H and O–H groups in total. The highest BCUT2D eigenvalue weighted by atomic mass is 35.5. The van der Waals surface area contributed by atoms with Crippen LogP contribution in [0, 0.1) is 6.92 Å². The topological polar surface area (TPSA) is 149 Å². The molecule has 126 valence electrons. The maximum Gasteiger partial charge on any atom is 0.223 e. The summed E-state index contributed by atoms with van der Waals surface area (Å²) in [5, 5.41) is 7.69. The van der Waals surface area contributed by atoms with Gasteiger partial charge in [0, 0.05) is 5.69 Å². The molecule has 0 fully saturated rings. The molecule has 0 unspecified atom stereocenters. The van der Waals surface area contributed by atoms with Gasteiger partial charge in [0.1, 0.15) is 15.5 Å². The van der Waals surface area contributed by atoms with Crippen LogP contribution in [0.15, 0.2) is 0 Å². The zero-order valence-electron chi connectivity index (χ0n) is 12.4. The molecule has 0 radical (unpaired) electrons. The van der Waals surface area contributed by atoms with Gasteiger partial charge in [-0.15, -0.1) is 0 Å². The first-order valence-electron chi connectivity index (χ1n) is 6.33. The number of nitrogen functional groups attached to an aromatic ring is 2. The van der Waals surface area contributed by atoms with E-state index in [4.69, 9.17) is 46.3 Å². The molecule has 0 aliphatic rings. The van der Waals surface area contributed by atoms with Crippen LogP contribution >= 0.6 is 34.8 Å². The van der Waals surface area contributed by atoms with Crippen molar-refractivity contribution in [1.29, 1.82) is 0 Å². The van der Waals surface area contributed by atoms with Crippen molar-refractivity contribution in [2.45, 2.75) is 13.8 Å². The van der Waals surface area contributed by atoms with Crippen molar-refractivity contribution < 1.29 is 4.79 Å². The largest absolute Gasteiger partial charge is 0.368 e. The van der Waals surface area contributed by atoms with E-state index in [1.807, 2.05) is 6.92 Å². The minimum Gasteiger partial charge on any atom is -0.368 e. The zero-order valence-corrected chi connectivity index (χ0v) is 14.7. The van der Waals surface area contributed by atoms with Gasteiger partial charge in [-0.25, -0.2) is 15.0 Å². The Morgan fingerprint density at radius 1 is 0.958 bits per heavy atom. The molecule has 0 aliphatic carbocycles. The summed E-state index contributed by atoms with van der Waals surface area (Å²) < 4.78 is 0. The summed E-state index contributed by atoms with van der Waals surface area (Å²) in [6, 6.07) is 0. The Labute approximate surface area is 150 Å². The minimum absolute atomic E-state index is 0.0139. The van der Waals surface area contributed by atoms with Crippen LogP contribution in [0.4, 0.5) is 11.9 Å². The van der Waals surface area contributed by atoms with E-state index in [2.05, 4.69) is 30.1 Å². The van der Waals surface area contributed by atoms with Crippen molar-refractivity contribution in [2.24, 2.45) is 0 Å². The summed E-state index contributed by atoms with van der Waals surface area (Å²) in [4.78, 5) is 25.8. The first-order chi connectivity index (χ1) is 11.2. The van der Waals surface area contributed by atoms with Gasteiger partial charge in [-0.3, -0.25) is 9.89 Å². The van der Waals surface area contributed by atoms with Gasteiger partial charge < -0.3 is 11.5 Å². The third-order valence-corrected chi connectivity index (χ3v) is 3.58. The maximum atomic E-state index is 10.9. The second-order valence-electron chi connectivity index (χ2n) is 4.51. The number of rotatable bonds is 1. The lowest BCUT2D eigenvalue weighted by atomic mass is 10.2. The number of anilines is 2. The molecular weight excluding hydrogens is 379 g/mol. The number of ketones is 1. The average molecular weight is 390 g/mol. The Morgan fingerprint density at radius 2 is 1.46 bits per heavy atom. The molecule has 0 aromatic carbocycles. The molecule has 0 amide bonds. The zero-order chi connectivity index (χ0) is 18.0. The van der Waals surface area contributed by atoms with Gasteiger partial charge in [-0.2, -0.15) is 10.1 Å². The number of nitrogens with zero attached hydrogens (tertiary/aromatic N) is 5. The highest BCUT2D eigenvalue weighted by Gasteiger charge is 2.14. The molecule has 9 nitrogen and oxygen atoms in total. The van der Waals surface area contributed by atoms with Gasteiger partial charge >= 0.3 is 0 Å². The van der Waals surface area contributed by atoms with E-state index in [-0.39, 0.29) is 33.5 Å². The quantitative estimate of drug-likeness (QED) is 0.424. The van der Waals surface area contributed by atoms with Gasteiger partial charge in [0.15, 0.2) is 11.4 Å². The predicted octanol–water partition coefficient (Wildman–Crippen LogP) is 2.47. The predicted molar refractivity (Wildman–Crippen MR) is 92.3 cm³/mol. The molecule has 0 saturated carbocycles. The molecule has 0 spiro atoms. The smallest absolute Gasteiger partial charge is 0.223 e. The molecular formula is C12H11Cl3N8O. The highest BCUT2D eigenvalue weighted by Crippen LogP contribution is 2.22. The number of halogens is 3. The molecule has 12 heteroatoms. The summed E-state index contributed by atoms with van der Waals surface area (Å²) in [6.45, 7) is 3.17. The molecule has 3 aromatic rings. The van der Waals surface area contributed by atoms with Gasteiger partial charge in [0.25, 0.3) is 0 Å². The molecule has 24 heavy (non-hydrogen) atoms. The van der Waals surface area contributed by atoms with E-state index < -0.39 is 0 Å². The summed E-state index contributed by atoms with van der Waals surface area (Å²) in [6.07, 6.45) is 0. The van der Waals surface area contributed by atoms with E-state index in [1.54, 1.807) is 0 Å². The van der Waals surface area contributed by atoms with Crippen molar-refractivity contribution in [3.63, 3.8) is 0 Å². The molecule has 0 aliphatic heterocycles. The maximum absolute atomic E-state index is 10.9. The second kappa shape index (κ2) is 7.12. The fourth-order valence-electron chi connectivity index (χ4n) is 1.75. The number of Topliss-reactive ketones (excluding diaryl/α,β-unsaturated/α-hetero) is 1. The van der Waals surface area contributed by atoms with E-state index in [0.29, 0.717) is 10.8 Å². The summed E-state index contributed by atoms with van der Waals surface area (Å²) in [5.74, 6) is -0.195. The summed E-state index contributed by atoms with van der Waals surface area (Å²) >= 11 is 17.0. The Balaban J connectivity index is 0.000000174. The van der Waals surface area contributed by atoms with Gasteiger partial charge in [0.2, 0.25) is 11.9 Å². The number of carbonyl (C=O) groups excluding carboxylic acids is 1. The third-order valence-electron chi connectivity index (χ3n) is 2.76. The van der Waals surface area contributed by atoms with Crippen LogP contribution in [0.2, 0.25) is 15.5 Å². The number of nitrogens with two attached hydrogens (primary N) is 2. The lowest BCUT2D eigenvalue weighted by Gasteiger charge is -2.01. The van der Waals surface area contributed by atoms with E-state index in [0.717, 1.165) is 11.1 Å². The lowest BCUT2D eigenvalue weighted by Crippen LogP contribution is -2.03. The SMILES string of the molecule is CC(=O)c1c(Cl)nc(N)nc1Cl.Cc1[nH]nc2nc(N)nc(Cl)c12. The first-order valence-corrected chi connectivity index (χ1v) is 7.47. The second-order valence-corrected chi connectivity index (χ2v) is 5.59. The number of aromatic nitrogens is 6. The normalized spacial score (nSPS) is 10.4. The molecule has 3 rings (SSSR count). The first kappa shape index (κ1) is 18.1. The van der Waals surface area contributed by atoms with Crippen molar-refractivity contribution in [2.75, 3.05) is 11.5 Å². The van der Waals surface area contributed by atoms with Crippen LogP contribution in [-0.2, 0) is 0 Å². The van der Waals surface area contributed by atoms with E-state index >= 15 is 0 Å². The lowest BCUT2D eigenvalue weighted by molar-refractivity contribution is 0.101. The number of aromatic amines is 1. The van der Waals surface area contributed by atoms with Crippen molar-refractivity contribution in [1.82, 2.24) is 30.1 Å². The number of carbonyl (C=O) groups is 1. The number of H-pyrrole nitrogens is 1. The molecule has 0 atom stereocenters. The number of hydrogen-bond donors (Lipinski definition) is 3. The van der Waals surface area contributed by atoms with Crippen LogP contribution < -0.4 is 11.5 Å². The van der Waals surface area contributed by atoms with Crippen LogP contribution in [0.5, 0.6) is 0 Å². The van der Waals surface area contributed by atoms with Crippen molar-refractivity contribution in [3.05, 3.63) is 26.7 Å². The Bertz CT molecular complexity index is 903. The monoisotopic (exact) mass is 388 g/mol. The summed E-state index contributed by atoms with van der Waals surface area (Å²) in [7, 11) is 0. The fourth-order valence-corrected chi connectivity index (χ4v) is 2.73. The van der Waals surface area contributed by atoms with E-state index in [9.17, 15) is 4.79 Å². The standard InChI is InChI=1S/C6H5Cl2N3O.C6H6ClN5/c1-2(12)3-4(7)10-6(9)11-5(3)8;1-2-3-4(7)9-6(8)10-5(3)12-11-2/h1H3,(H2,9,10,11);1H3,(H3,8,9,10,11,12). The molecule has 0 bridgehead atoms. The van der Waals surface area contributed by atoms with Crippen LogP contribution in [-0.4, -0.2) is 35.9 Å². The Kier molecular flexibility index (Phi) is 5.37. The molecule has 0 saturated heterocycles. The average Bonchev–Trinajstić information content (AvgIpc) is 2.79. The van der Waals surface area contributed by atoms with Crippen molar-refractivity contribution in [3.8, 4) is 0 Å². The van der Waals surface area contributed by atoms with Gasteiger partial charge in [0.05, 0.1) is 10.9 Å². The van der Waals surface area contributed by atoms with Crippen molar-refractivity contribution >= 4 is 63.5 Å². The summed E-state index contributed by atoms with van der Waals surface area (Å²) in [5.41, 5.74) is 12.1. The molecule has 3 heterocycles. The highest BCUT2D eigenvalue weighted by molar-refractivity contribution is 6.38. The van der Waals surface area contributed by atoms with Crippen LogP contribution in [0.1, 0.15) is 23.0 Å². The Morgan fingerprint density at radius 3 is 2.00 bits per heavy atom. The van der Waals surface area contributed by atoms with E-state index in [1.165, 1.54) is 6.92 Å². The fraction of sp³-hybridized carbons (Fsp3) is 0.167. The number of hydrogen-bond acceptors (Lipinski definition) is 8. The third kappa shape index (κ3) is 3.81. The van der Waals surface area contributed by atoms with Gasteiger partial charge in [-0.05, 0) is 13.8 Å². The number of fused-ring (bicyclic) bond motifs is 1.